The van der Waals surface area contributed by atoms with Crippen LogP contribution >= 0.6 is 0 Å². The predicted octanol–water partition coefficient (Wildman–Crippen LogP) is 0.844. The third-order valence-electron chi connectivity index (χ3n) is 3.03. The van der Waals surface area contributed by atoms with Crippen molar-refractivity contribution >= 4 is 11.9 Å². The van der Waals surface area contributed by atoms with Crippen molar-refractivity contribution in [1.29, 1.82) is 0 Å². The summed E-state index contributed by atoms with van der Waals surface area (Å²) in [5.74, 6) is -0.748. The van der Waals surface area contributed by atoms with Gasteiger partial charge in [-0.25, -0.2) is 4.98 Å². The van der Waals surface area contributed by atoms with Gasteiger partial charge in [0.2, 0.25) is 5.88 Å². The van der Waals surface area contributed by atoms with E-state index in [4.69, 9.17) is 14.6 Å². The van der Waals surface area contributed by atoms with Gasteiger partial charge in [-0.15, -0.1) is 0 Å². The molecule has 7 nitrogen and oxygen atoms in total. The molecule has 1 atom stereocenters. The molecule has 1 fully saturated rings. The SMILES string of the molecule is O=C(O)CCCNC(=O)c1ccnc(OC2CCOC2)c1. The minimum Gasteiger partial charge on any atom is -0.481 e. The van der Waals surface area contributed by atoms with Gasteiger partial charge < -0.3 is 19.9 Å². The minimum atomic E-state index is -0.873. The van der Waals surface area contributed by atoms with Crippen LogP contribution in [-0.2, 0) is 9.53 Å². The Morgan fingerprint density at radius 2 is 2.38 bits per heavy atom. The molecule has 1 unspecified atom stereocenters. The fourth-order valence-corrected chi connectivity index (χ4v) is 1.94. The molecular weight excluding hydrogens is 276 g/mol. The Labute approximate surface area is 122 Å². The van der Waals surface area contributed by atoms with E-state index in [-0.39, 0.29) is 18.4 Å². The molecule has 0 radical (unpaired) electrons. The summed E-state index contributed by atoms with van der Waals surface area (Å²) in [7, 11) is 0. The molecule has 1 amide bonds. The zero-order chi connectivity index (χ0) is 15.1. The molecule has 7 heteroatoms. The highest BCUT2D eigenvalue weighted by Crippen LogP contribution is 2.15. The van der Waals surface area contributed by atoms with E-state index in [2.05, 4.69) is 10.3 Å². The molecule has 114 valence electrons. The van der Waals surface area contributed by atoms with Gasteiger partial charge in [0.25, 0.3) is 5.91 Å². The number of hydrogen-bond donors (Lipinski definition) is 2. The summed E-state index contributed by atoms with van der Waals surface area (Å²) < 4.78 is 10.8. The van der Waals surface area contributed by atoms with Crippen molar-refractivity contribution in [2.75, 3.05) is 19.8 Å². The summed E-state index contributed by atoms with van der Waals surface area (Å²) in [6, 6.07) is 3.16. The summed E-state index contributed by atoms with van der Waals surface area (Å²) in [5, 5.41) is 11.2. The first-order chi connectivity index (χ1) is 10.1. The lowest BCUT2D eigenvalue weighted by Crippen LogP contribution is -2.25. The number of carboxylic acid groups (broad SMARTS) is 1. The minimum absolute atomic E-state index is 0.0219. The topological polar surface area (TPSA) is 97.8 Å². The second kappa shape index (κ2) is 7.58. The van der Waals surface area contributed by atoms with E-state index in [1.165, 1.54) is 6.20 Å². The lowest BCUT2D eigenvalue weighted by Gasteiger charge is -2.11. The summed E-state index contributed by atoms with van der Waals surface area (Å²) >= 11 is 0. The van der Waals surface area contributed by atoms with Crippen molar-refractivity contribution in [2.45, 2.75) is 25.4 Å². The number of aromatic nitrogens is 1. The van der Waals surface area contributed by atoms with Crippen LogP contribution in [0.2, 0.25) is 0 Å². The maximum Gasteiger partial charge on any atom is 0.303 e. The standard InChI is InChI=1S/C14H18N2O5/c17-13(18)2-1-5-16-14(19)10-3-6-15-12(8-10)21-11-4-7-20-9-11/h3,6,8,11H,1-2,4-5,7,9H2,(H,16,19)(H,17,18). The number of rotatable bonds is 7. The van der Waals surface area contributed by atoms with E-state index >= 15 is 0 Å². The number of amides is 1. The molecule has 1 saturated heterocycles. The van der Waals surface area contributed by atoms with Crippen LogP contribution in [0.15, 0.2) is 18.3 Å². The highest BCUT2D eigenvalue weighted by atomic mass is 16.5. The number of carboxylic acids is 1. The van der Waals surface area contributed by atoms with Crippen molar-refractivity contribution in [2.24, 2.45) is 0 Å². The lowest BCUT2D eigenvalue weighted by atomic mass is 10.2. The van der Waals surface area contributed by atoms with E-state index in [1.54, 1.807) is 12.1 Å². The van der Waals surface area contributed by atoms with E-state index in [9.17, 15) is 9.59 Å². The highest BCUT2D eigenvalue weighted by molar-refractivity contribution is 5.94. The average molecular weight is 294 g/mol. The Balaban J connectivity index is 1.84. The van der Waals surface area contributed by atoms with Crippen LogP contribution in [0.4, 0.5) is 0 Å². The van der Waals surface area contributed by atoms with Gasteiger partial charge in [0, 0.05) is 37.2 Å². The molecule has 0 saturated carbocycles. The van der Waals surface area contributed by atoms with Crippen molar-refractivity contribution < 1.29 is 24.2 Å². The third-order valence-corrected chi connectivity index (χ3v) is 3.03. The molecule has 2 N–H and O–H groups in total. The van der Waals surface area contributed by atoms with Crippen LogP contribution in [0.1, 0.15) is 29.6 Å². The predicted molar refractivity (Wildman–Crippen MR) is 73.3 cm³/mol. The van der Waals surface area contributed by atoms with Crippen LogP contribution in [0.5, 0.6) is 5.88 Å². The molecule has 1 aliphatic heterocycles. The van der Waals surface area contributed by atoms with Crippen molar-refractivity contribution in [3.05, 3.63) is 23.9 Å². The molecule has 0 bridgehead atoms. The maximum absolute atomic E-state index is 11.9. The van der Waals surface area contributed by atoms with Crippen LogP contribution in [0.25, 0.3) is 0 Å². The number of aliphatic carboxylic acids is 1. The van der Waals surface area contributed by atoms with Gasteiger partial charge in [-0.05, 0) is 12.5 Å². The molecule has 2 rings (SSSR count). The van der Waals surface area contributed by atoms with Crippen molar-refractivity contribution in [1.82, 2.24) is 10.3 Å². The number of nitrogens with zero attached hydrogens (tertiary/aromatic N) is 1. The number of pyridine rings is 1. The Hall–Kier alpha value is -2.15. The number of hydrogen-bond acceptors (Lipinski definition) is 5. The number of nitrogens with one attached hydrogen (secondary N) is 1. The first-order valence-corrected chi connectivity index (χ1v) is 6.85. The molecular formula is C14H18N2O5. The van der Waals surface area contributed by atoms with E-state index in [0.717, 1.165) is 6.42 Å². The normalized spacial score (nSPS) is 17.4. The van der Waals surface area contributed by atoms with Gasteiger partial charge in [-0.1, -0.05) is 0 Å². The monoisotopic (exact) mass is 294 g/mol. The summed E-state index contributed by atoms with van der Waals surface area (Å²) in [6.07, 6.45) is 2.73. The molecule has 1 aromatic rings. The number of carbonyl (C=O) groups is 2. The molecule has 21 heavy (non-hydrogen) atoms. The Kier molecular flexibility index (Phi) is 5.51. The van der Waals surface area contributed by atoms with Gasteiger partial charge in [-0.2, -0.15) is 0 Å². The number of ether oxygens (including phenoxy) is 2. The highest BCUT2D eigenvalue weighted by Gasteiger charge is 2.18. The van der Waals surface area contributed by atoms with Crippen molar-refractivity contribution in [3.63, 3.8) is 0 Å². The molecule has 0 spiro atoms. The van der Waals surface area contributed by atoms with Crippen LogP contribution < -0.4 is 10.1 Å². The average Bonchev–Trinajstić information content (AvgIpc) is 2.96. The fraction of sp³-hybridized carbons (Fsp3) is 0.500. The van der Waals surface area contributed by atoms with Gasteiger partial charge in [0.05, 0.1) is 13.2 Å². The number of carbonyl (C=O) groups excluding carboxylic acids is 1. The lowest BCUT2D eigenvalue weighted by molar-refractivity contribution is -0.137. The first kappa shape index (κ1) is 15.2. The quantitative estimate of drug-likeness (QED) is 0.723. The van der Waals surface area contributed by atoms with Gasteiger partial charge in [0.15, 0.2) is 0 Å². The van der Waals surface area contributed by atoms with Crippen LogP contribution in [0, 0.1) is 0 Å². The Bertz CT molecular complexity index is 500. The molecule has 2 heterocycles. The summed E-state index contributed by atoms with van der Waals surface area (Å²) in [4.78, 5) is 26.4. The summed E-state index contributed by atoms with van der Waals surface area (Å²) in [5.41, 5.74) is 0.439. The molecule has 0 aliphatic carbocycles. The molecule has 0 aromatic carbocycles. The summed E-state index contributed by atoms with van der Waals surface area (Å²) in [6.45, 7) is 1.53. The second-order valence-electron chi connectivity index (χ2n) is 4.74. The zero-order valence-corrected chi connectivity index (χ0v) is 11.6. The Morgan fingerprint density at radius 3 is 3.10 bits per heavy atom. The van der Waals surface area contributed by atoms with Gasteiger partial charge >= 0.3 is 5.97 Å². The Morgan fingerprint density at radius 1 is 1.52 bits per heavy atom. The van der Waals surface area contributed by atoms with Crippen LogP contribution in [0.3, 0.4) is 0 Å². The van der Waals surface area contributed by atoms with Gasteiger partial charge in [-0.3, -0.25) is 9.59 Å². The largest absolute Gasteiger partial charge is 0.481 e. The molecule has 1 aliphatic rings. The van der Waals surface area contributed by atoms with E-state index in [1.807, 2.05) is 0 Å². The van der Waals surface area contributed by atoms with Crippen LogP contribution in [-0.4, -0.2) is 47.8 Å². The van der Waals surface area contributed by atoms with E-state index < -0.39 is 5.97 Å². The second-order valence-corrected chi connectivity index (χ2v) is 4.74. The van der Waals surface area contributed by atoms with E-state index in [0.29, 0.717) is 37.6 Å². The smallest absolute Gasteiger partial charge is 0.303 e. The maximum atomic E-state index is 11.9. The fourth-order valence-electron chi connectivity index (χ4n) is 1.94. The third kappa shape index (κ3) is 5.03. The van der Waals surface area contributed by atoms with Gasteiger partial charge in [0.1, 0.15) is 6.10 Å². The van der Waals surface area contributed by atoms with Crippen molar-refractivity contribution in [3.8, 4) is 5.88 Å². The zero-order valence-electron chi connectivity index (χ0n) is 11.6. The molecule has 1 aromatic heterocycles. The first-order valence-electron chi connectivity index (χ1n) is 6.85.